The molecule has 0 radical (unpaired) electrons. The van der Waals surface area contributed by atoms with Gasteiger partial charge in [0, 0.05) is 0 Å². The Hall–Kier alpha value is -1.32. The lowest BCUT2D eigenvalue weighted by Gasteiger charge is -2.10. The van der Waals surface area contributed by atoms with Crippen LogP contribution in [0.4, 0.5) is 0 Å². The van der Waals surface area contributed by atoms with Crippen LogP contribution in [0.25, 0.3) is 0 Å². The van der Waals surface area contributed by atoms with E-state index in [0.29, 0.717) is 0 Å². The molecule has 0 aromatic carbocycles. The van der Waals surface area contributed by atoms with Crippen LogP contribution in [-0.2, 0) is 19.1 Å². The van der Waals surface area contributed by atoms with E-state index in [4.69, 9.17) is 9.47 Å². The quantitative estimate of drug-likeness (QED) is 0.383. The van der Waals surface area contributed by atoms with E-state index >= 15 is 0 Å². The van der Waals surface area contributed by atoms with Crippen LogP contribution in [0.3, 0.4) is 0 Å². The van der Waals surface area contributed by atoms with Gasteiger partial charge >= 0.3 is 11.9 Å². The minimum atomic E-state index is -0.926. The third-order valence-corrected chi connectivity index (χ3v) is 1.65. The van der Waals surface area contributed by atoms with Gasteiger partial charge in [-0.1, -0.05) is 19.1 Å². The maximum atomic E-state index is 11.4. The summed E-state index contributed by atoms with van der Waals surface area (Å²) in [5, 5.41) is 0. The van der Waals surface area contributed by atoms with E-state index in [2.05, 4.69) is 0 Å². The lowest BCUT2D eigenvalue weighted by atomic mass is 10.1. The van der Waals surface area contributed by atoms with Crippen molar-refractivity contribution < 1.29 is 19.1 Å². The monoisotopic (exact) mass is 214 g/mol. The number of carbonyl (C=O) groups is 2. The highest BCUT2D eigenvalue weighted by Crippen LogP contribution is 2.06. The summed E-state index contributed by atoms with van der Waals surface area (Å²) in [6.45, 7) is 5.83. The van der Waals surface area contributed by atoms with Gasteiger partial charge in [-0.25, -0.2) is 0 Å². The van der Waals surface area contributed by atoms with Gasteiger partial charge in [0.2, 0.25) is 0 Å². The zero-order valence-corrected chi connectivity index (χ0v) is 9.49. The van der Waals surface area contributed by atoms with Gasteiger partial charge in [0.15, 0.2) is 5.92 Å². The molecule has 0 bridgehead atoms. The van der Waals surface area contributed by atoms with E-state index in [9.17, 15) is 9.59 Å². The second-order valence-electron chi connectivity index (χ2n) is 2.82. The first-order valence-electron chi connectivity index (χ1n) is 5.17. The largest absolute Gasteiger partial charge is 0.465 e. The zero-order valence-electron chi connectivity index (χ0n) is 9.49. The Labute approximate surface area is 90.2 Å². The molecular weight excluding hydrogens is 196 g/mol. The van der Waals surface area contributed by atoms with Gasteiger partial charge in [0.1, 0.15) is 0 Å². The van der Waals surface area contributed by atoms with Gasteiger partial charge in [-0.2, -0.15) is 0 Å². The minimum Gasteiger partial charge on any atom is -0.465 e. The average molecular weight is 214 g/mol. The van der Waals surface area contributed by atoms with E-state index in [-0.39, 0.29) is 13.2 Å². The lowest BCUT2D eigenvalue weighted by Crippen LogP contribution is -2.26. The summed E-state index contributed by atoms with van der Waals surface area (Å²) >= 11 is 0. The van der Waals surface area contributed by atoms with Gasteiger partial charge in [0.05, 0.1) is 13.2 Å². The van der Waals surface area contributed by atoms with Crippen molar-refractivity contribution in [1.29, 1.82) is 0 Å². The summed E-state index contributed by atoms with van der Waals surface area (Å²) in [5.41, 5.74) is 0. The SMILES string of the molecule is CCC=CC(C(=O)OCC)C(=O)OCC. The second-order valence-corrected chi connectivity index (χ2v) is 2.82. The molecule has 0 aliphatic rings. The Morgan fingerprint density at radius 3 is 1.87 bits per heavy atom. The van der Waals surface area contributed by atoms with Crippen LogP contribution in [0.15, 0.2) is 12.2 Å². The first-order chi connectivity index (χ1) is 7.17. The molecule has 0 amide bonds. The molecule has 86 valence electrons. The fourth-order valence-corrected chi connectivity index (χ4v) is 0.990. The Morgan fingerprint density at radius 1 is 1.07 bits per heavy atom. The first kappa shape index (κ1) is 13.7. The third-order valence-electron chi connectivity index (χ3n) is 1.65. The van der Waals surface area contributed by atoms with Crippen molar-refractivity contribution in [2.24, 2.45) is 5.92 Å². The van der Waals surface area contributed by atoms with E-state index in [0.717, 1.165) is 6.42 Å². The number of ether oxygens (including phenoxy) is 2. The maximum Gasteiger partial charge on any atom is 0.324 e. The smallest absolute Gasteiger partial charge is 0.324 e. The molecule has 4 nitrogen and oxygen atoms in total. The topological polar surface area (TPSA) is 52.6 Å². The van der Waals surface area contributed by atoms with Crippen molar-refractivity contribution in [2.45, 2.75) is 27.2 Å². The summed E-state index contributed by atoms with van der Waals surface area (Å²) in [6.07, 6.45) is 4.03. The van der Waals surface area contributed by atoms with E-state index in [1.807, 2.05) is 6.92 Å². The molecule has 0 spiro atoms. The highest BCUT2D eigenvalue weighted by Gasteiger charge is 2.26. The van der Waals surface area contributed by atoms with Crippen molar-refractivity contribution in [3.63, 3.8) is 0 Å². The summed E-state index contributed by atoms with van der Waals surface area (Å²) in [7, 11) is 0. The van der Waals surface area contributed by atoms with E-state index in [1.54, 1.807) is 19.9 Å². The number of hydrogen-bond acceptors (Lipinski definition) is 4. The van der Waals surface area contributed by atoms with E-state index < -0.39 is 17.9 Å². The molecule has 0 N–H and O–H groups in total. The van der Waals surface area contributed by atoms with Crippen molar-refractivity contribution in [3.8, 4) is 0 Å². The fourth-order valence-electron chi connectivity index (χ4n) is 0.990. The zero-order chi connectivity index (χ0) is 11.7. The van der Waals surface area contributed by atoms with Crippen LogP contribution in [0, 0.1) is 5.92 Å². The van der Waals surface area contributed by atoms with Crippen LogP contribution < -0.4 is 0 Å². The first-order valence-corrected chi connectivity index (χ1v) is 5.17. The van der Waals surface area contributed by atoms with Crippen LogP contribution in [0.1, 0.15) is 27.2 Å². The predicted octanol–water partition coefficient (Wildman–Crippen LogP) is 1.70. The molecule has 0 saturated carbocycles. The molecule has 4 heteroatoms. The maximum absolute atomic E-state index is 11.4. The van der Waals surface area contributed by atoms with Gasteiger partial charge < -0.3 is 9.47 Å². The molecule has 0 aromatic rings. The van der Waals surface area contributed by atoms with Gasteiger partial charge in [-0.15, -0.1) is 0 Å². The molecule has 0 rings (SSSR count). The second kappa shape index (κ2) is 8.03. The van der Waals surface area contributed by atoms with Crippen LogP contribution >= 0.6 is 0 Å². The molecule has 0 heterocycles. The van der Waals surface area contributed by atoms with Crippen molar-refractivity contribution >= 4 is 11.9 Å². The molecule has 0 unspecified atom stereocenters. The molecule has 0 aliphatic carbocycles. The lowest BCUT2D eigenvalue weighted by molar-refractivity contribution is -0.158. The Balaban J connectivity index is 4.49. The highest BCUT2D eigenvalue weighted by atomic mass is 16.6. The molecule has 0 aromatic heterocycles. The highest BCUT2D eigenvalue weighted by molar-refractivity contribution is 5.96. The summed E-state index contributed by atoms with van der Waals surface area (Å²) in [4.78, 5) is 22.8. The number of carbonyl (C=O) groups excluding carboxylic acids is 2. The molecular formula is C11H18O4. The Bertz CT molecular complexity index is 215. The number of rotatable bonds is 6. The fraction of sp³-hybridized carbons (Fsp3) is 0.636. The minimum absolute atomic E-state index is 0.259. The molecule has 0 fully saturated rings. The standard InChI is InChI=1S/C11H18O4/c1-4-7-8-9(10(12)14-5-2)11(13)15-6-3/h7-9H,4-6H2,1-3H3. The summed E-state index contributed by atoms with van der Waals surface area (Å²) < 4.78 is 9.56. The molecule has 15 heavy (non-hydrogen) atoms. The number of hydrogen-bond donors (Lipinski definition) is 0. The van der Waals surface area contributed by atoms with Crippen LogP contribution in [0.5, 0.6) is 0 Å². The summed E-state index contributed by atoms with van der Waals surface area (Å²) in [5.74, 6) is -2.04. The summed E-state index contributed by atoms with van der Waals surface area (Å²) in [6, 6.07) is 0. The molecule has 0 aliphatic heterocycles. The predicted molar refractivity (Wildman–Crippen MR) is 56.2 cm³/mol. The molecule has 0 saturated heterocycles. The van der Waals surface area contributed by atoms with Crippen LogP contribution in [0.2, 0.25) is 0 Å². The van der Waals surface area contributed by atoms with E-state index in [1.165, 1.54) is 6.08 Å². The van der Waals surface area contributed by atoms with Crippen molar-refractivity contribution in [2.75, 3.05) is 13.2 Å². The third kappa shape index (κ3) is 5.20. The normalized spacial score (nSPS) is 10.7. The average Bonchev–Trinajstić information content (AvgIpc) is 2.19. The number of allylic oxidation sites excluding steroid dienone is 1. The van der Waals surface area contributed by atoms with Gasteiger partial charge in [-0.05, 0) is 20.3 Å². The van der Waals surface area contributed by atoms with Crippen molar-refractivity contribution in [3.05, 3.63) is 12.2 Å². The Kier molecular flexibility index (Phi) is 7.32. The van der Waals surface area contributed by atoms with Gasteiger partial charge in [-0.3, -0.25) is 9.59 Å². The molecule has 0 atom stereocenters. The van der Waals surface area contributed by atoms with Crippen molar-refractivity contribution in [1.82, 2.24) is 0 Å². The van der Waals surface area contributed by atoms with Gasteiger partial charge in [0.25, 0.3) is 0 Å². The van der Waals surface area contributed by atoms with Crippen LogP contribution in [-0.4, -0.2) is 25.2 Å². The number of esters is 2. The Morgan fingerprint density at radius 2 is 1.53 bits per heavy atom.